The molecule has 6 heteroatoms. The summed E-state index contributed by atoms with van der Waals surface area (Å²) in [5.74, 6) is 2.35. The van der Waals surface area contributed by atoms with E-state index in [-0.39, 0.29) is 11.8 Å². The van der Waals surface area contributed by atoms with Gasteiger partial charge in [-0.15, -0.1) is 11.8 Å². The summed E-state index contributed by atoms with van der Waals surface area (Å²) in [5.41, 5.74) is 0.656. The minimum Gasteiger partial charge on any atom is -0.344 e. The van der Waals surface area contributed by atoms with Crippen molar-refractivity contribution in [1.82, 2.24) is 20.0 Å². The average Bonchev–Trinajstić information content (AvgIpc) is 3.12. The number of pyridine rings is 1. The zero-order valence-electron chi connectivity index (χ0n) is 16.1. The summed E-state index contributed by atoms with van der Waals surface area (Å²) in [6.45, 7) is 6.09. The van der Waals surface area contributed by atoms with Gasteiger partial charge in [0.1, 0.15) is 5.82 Å². The van der Waals surface area contributed by atoms with E-state index in [9.17, 15) is 4.79 Å². The summed E-state index contributed by atoms with van der Waals surface area (Å²) in [6.07, 6.45) is 9.36. The second kappa shape index (κ2) is 6.52. The SMILES string of the molecule is CC(C)(NC(=O)[C@H]1[C@@H]2CNC[C@@H]21)c1ncc2c(SC3CCCC3)cccn12. The van der Waals surface area contributed by atoms with Gasteiger partial charge in [0.05, 0.1) is 17.3 Å². The van der Waals surface area contributed by atoms with Crippen molar-refractivity contribution in [3.63, 3.8) is 0 Å². The fourth-order valence-electron chi connectivity index (χ4n) is 5.00. The zero-order chi connectivity index (χ0) is 18.6. The van der Waals surface area contributed by atoms with Crippen molar-refractivity contribution >= 4 is 23.2 Å². The van der Waals surface area contributed by atoms with Crippen molar-refractivity contribution < 1.29 is 4.79 Å². The fourth-order valence-corrected chi connectivity index (χ4v) is 6.36. The highest BCUT2D eigenvalue weighted by atomic mass is 32.2. The maximum absolute atomic E-state index is 12.8. The Balaban J connectivity index is 1.38. The minimum atomic E-state index is -0.496. The molecule has 2 aromatic heterocycles. The van der Waals surface area contributed by atoms with E-state index in [0.717, 1.165) is 29.7 Å². The van der Waals surface area contributed by atoms with Gasteiger partial charge < -0.3 is 15.0 Å². The van der Waals surface area contributed by atoms with Crippen molar-refractivity contribution in [2.45, 2.75) is 55.2 Å². The predicted octanol–water partition coefficient (Wildman–Crippen LogP) is 3.19. The first kappa shape index (κ1) is 17.6. The number of amides is 1. The van der Waals surface area contributed by atoms with Crippen LogP contribution in [0.4, 0.5) is 0 Å². The Morgan fingerprint density at radius 3 is 2.78 bits per heavy atom. The van der Waals surface area contributed by atoms with Gasteiger partial charge in [-0.1, -0.05) is 12.8 Å². The molecule has 2 aliphatic carbocycles. The molecule has 0 aromatic carbocycles. The summed E-state index contributed by atoms with van der Waals surface area (Å²) < 4.78 is 2.16. The van der Waals surface area contributed by atoms with E-state index in [4.69, 9.17) is 4.98 Å². The number of thioether (sulfide) groups is 1. The Labute approximate surface area is 164 Å². The molecule has 1 aliphatic heterocycles. The normalized spacial score (nSPS) is 27.9. The number of aromatic nitrogens is 2. The Kier molecular flexibility index (Phi) is 4.24. The highest BCUT2D eigenvalue weighted by Gasteiger charge is 2.57. The lowest BCUT2D eigenvalue weighted by molar-refractivity contribution is -0.124. The molecule has 5 nitrogen and oxygen atoms in total. The molecule has 3 heterocycles. The van der Waals surface area contributed by atoms with Gasteiger partial charge in [-0.2, -0.15) is 0 Å². The quantitative estimate of drug-likeness (QED) is 0.831. The number of carbonyl (C=O) groups is 1. The molecule has 0 bridgehead atoms. The van der Waals surface area contributed by atoms with Crippen LogP contribution < -0.4 is 10.6 Å². The molecule has 1 amide bonds. The number of nitrogens with zero attached hydrogens (tertiary/aromatic N) is 2. The average molecular weight is 385 g/mol. The first-order valence-corrected chi connectivity index (χ1v) is 11.1. The molecule has 0 spiro atoms. The third-order valence-electron chi connectivity index (χ3n) is 6.52. The summed E-state index contributed by atoms with van der Waals surface area (Å²) in [5, 5.41) is 7.36. The van der Waals surface area contributed by atoms with E-state index in [1.54, 1.807) is 0 Å². The summed E-state index contributed by atoms with van der Waals surface area (Å²) in [7, 11) is 0. The number of nitrogens with one attached hydrogen (secondary N) is 2. The van der Waals surface area contributed by atoms with Crippen LogP contribution in [0.5, 0.6) is 0 Å². The Morgan fingerprint density at radius 2 is 2.04 bits per heavy atom. The van der Waals surface area contributed by atoms with Gasteiger partial charge in [-0.05, 0) is 63.7 Å². The number of hydrogen-bond acceptors (Lipinski definition) is 4. The van der Waals surface area contributed by atoms with Crippen LogP contribution in [-0.2, 0) is 10.3 Å². The minimum absolute atomic E-state index is 0.185. The van der Waals surface area contributed by atoms with Gasteiger partial charge in [0, 0.05) is 22.3 Å². The molecular weight excluding hydrogens is 356 g/mol. The molecule has 2 N–H and O–H groups in total. The molecule has 2 saturated carbocycles. The molecule has 3 fully saturated rings. The second-order valence-electron chi connectivity index (χ2n) is 8.86. The molecule has 144 valence electrons. The van der Waals surface area contributed by atoms with Crippen LogP contribution in [0.2, 0.25) is 0 Å². The van der Waals surface area contributed by atoms with Gasteiger partial charge >= 0.3 is 0 Å². The van der Waals surface area contributed by atoms with Gasteiger partial charge in [0.2, 0.25) is 5.91 Å². The number of imidazole rings is 1. The Bertz CT molecular complexity index is 860. The molecule has 3 atom stereocenters. The van der Waals surface area contributed by atoms with Crippen LogP contribution in [0.25, 0.3) is 5.52 Å². The van der Waals surface area contributed by atoms with Crippen molar-refractivity contribution in [2.75, 3.05) is 13.1 Å². The summed E-state index contributed by atoms with van der Waals surface area (Å²) in [4.78, 5) is 18.8. The number of carbonyl (C=O) groups excluding carboxylic acids is 1. The second-order valence-corrected chi connectivity index (χ2v) is 10.2. The lowest BCUT2D eigenvalue weighted by Crippen LogP contribution is -2.44. The van der Waals surface area contributed by atoms with Gasteiger partial charge in [0.15, 0.2) is 0 Å². The standard InChI is InChI=1S/C21H28N4OS/c1-21(2,24-19(26)18-14-10-22-11-15(14)18)20-23-12-16-17(8-5-9-25(16)20)27-13-6-3-4-7-13/h5,8-9,12-15,18,22H,3-4,6-7,10-11H2,1-2H3,(H,24,26)/t14-,15+,18+. The van der Waals surface area contributed by atoms with Gasteiger partial charge in [0.25, 0.3) is 0 Å². The monoisotopic (exact) mass is 384 g/mol. The molecule has 3 aliphatic rings. The zero-order valence-corrected chi connectivity index (χ0v) is 16.9. The third-order valence-corrected chi connectivity index (χ3v) is 7.92. The van der Waals surface area contributed by atoms with Crippen molar-refractivity contribution in [3.05, 3.63) is 30.4 Å². The molecule has 1 saturated heterocycles. The van der Waals surface area contributed by atoms with Gasteiger partial charge in [-0.3, -0.25) is 4.79 Å². The van der Waals surface area contributed by atoms with Crippen LogP contribution in [0.1, 0.15) is 45.4 Å². The lowest BCUT2D eigenvalue weighted by atomic mass is 10.0. The molecule has 0 radical (unpaired) electrons. The fraction of sp³-hybridized carbons (Fsp3) is 0.619. The summed E-state index contributed by atoms with van der Waals surface area (Å²) in [6, 6.07) is 4.30. The number of hydrogen-bond donors (Lipinski definition) is 2. The molecule has 5 rings (SSSR count). The number of piperidine rings is 1. The van der Waals surface area contributed by atoms with E-state index in [1.807, 2.05) is 18.0 Å². The van der Waals surface area contributed by atoms with Crippen LogP contribution in [0.3, 0.4) is 0 Å². The number of rotatable bonds is 5. The topological polar surface area (TPSA) is 58.4 Å². The molecule has 0 unspecified atom stereocenters. The largest absolute Gasteiger partial charge is 0.344 e. The van der Waals surface area contributed by atoms with Gasteiger partial charge in [-0.25, -0.2) is 4.98 Å². The third kappa shape index (κ3) is 3.07. The highest BCUT2D eigenvalue weighted by molar-refractivity contribution is 8.00. The van der Waals surface area contributed by atoms with Crippen LogP contribution >= 0.6 is 11.8 Å². The number of fused-ring (bicyclic) bond motifs is 2. The van der Waals surface area contributed by atoms with E-state index in [0.29, 0.717) is 11.8 Å². The molecular formula is C21H28N4OS. The maximum atomic E-state index is 12.8. The van der Waals surface area contributed by atoms with E-state index >= 15 is 0 Å². The van der Waals surface area contributed by atoms with E-state index in [1.165, 1.54) is 30.6 Å². The lowest BCUT2D eigenvalue weighted by Gasteiger charge is -2.26. The van der Waals surface area contributed by atoms with Crippen LogP contribution in [0, 0.1) is 17.8 Å². The maximum Gasteiger partial charge on any atom is 0.224 e. The van der Waals surface area contributed by atoms with Crippen molar-refractivity contribution in [2.24, 2.45) is 17.8 Å². The van der Waals surface area contributed by atoms with Crippen molar-refractivity contribution in [3.8, 4) is 0 Å². The summed E-state index contributed by atoms with van der Waals surface area (Å²) >= 11 is 1.99. The Morgan fingerprint density at radius 1 is 1.30 bits per heavy atom. The van der Waals surface area contributed by atoms with E-state index < -0.39 is 5.54 Å². The smallest absolute Gasteiger partial charge is 0.224 e. The van der Waals surface area contributed by atoms with E-state index in [2.05, 4.69) is 47.2 Å². The molecule has 27 heavy (non-hydrogen) atoms. The van der Waals surface area contributed by atoms with Crippen LogP contribution in [-0.4, -0.2) is 33.6 Å². The Hall–Kier alpha value is -1.53. The predicted molar refractivity (Wildman–Crippen MR) is 108 cm³/mol. The first-order chi connectivity index (χ1) is 13.0. The van der Waals surface area contributed by atoms with Crippen LogP contribution in [0.15, 0.2) is 29.4 Å². The molecule has 2 aromatic rings. The highest BCUT2D eigenvalue weighted by Crippen LogP contribution is 2.49. The first-order valence-electron chi connectivity index (χ1n) is 10.2. The van der Waals surface area contributed by atoms with Crippen molar-refractivity contribution in [1.29, 1.82) is 0 Å².